The lowest BCUT2D eigenvalue weighted by atomic mass is 10.0. The SMILES string of the molecule is CCOC(O)c1cc(-c2ccc(F)cc2F)ccc1OC(=O)SCC(CO)NC(C)=O. The summed E-state index contributed by atoms with van der Waals surface area (Å²) in [7, 11) is 0. The van der Waals surface area contributed by atoms with Crippen molar-refractivity contribution in [2.45, 2.75) is 26.2 Å². The molecule has 31 heavy (non-hydrogen) atoms. The van der Waals surface area contributed by atoms with Crippen molar-refractivity contribution >= 4 is 23.0 Å². The van der Waals surface area contributed by atoms with Crippen molar-refractivity contribution in [1.29, 1.82) is 0 Å². The summed E-state index contributed by atoms with van der Waals surface area (Å²) in [6, 6.07) is 6.69. The van der Waals surface area contributed by atoms with Crippen molar-refractivity contribution in [3.63, 3.8) is 0 Å². The van der Waals surface area contributed by atoms with Crippen LogP contribution in [0.15, 0.2) is 36.4 Å². The zero-order valence-electron chi connectivity index (χ0n) is 16.9. The fourth-order valence-corrected chi connectivity index (χ4v) is 3.36. The minimum Gasteiger partial charge on any atom is -0.418 e. The maximum atomic E-state index is 14.2. The first-order chi connectivity index (χ1) is 14.7. The molecule has 0 saturated heterocycles. The second-order valence-corrected chi connectivity index (χ2v) is 7.38. The summed E-state index contributed by atoms with van der Waals surface area (Å²) in [6.07, 6.45) is -1.45. The summed E-state index contributed by atoms with van der Waals surface area (Å²) >= 11 is 0.724. The largest absolute Gasteiger partial charge is 0.418 e. The van der Waals surface area contributed by atoms with Crippen molar-refractivity contribution in [3.8, 4) is 16.9 Å². The molecule has 10 heteroatoms. The first-order valence-corrected chi connectivity index (χ1v) is 10.3. The second-order valence-electron chi connectivity index (χ2n) is 6.43. The van der Waals surface area contributed by atoms with Gasteiger partial charge < -0.3 is 25.0 Å². The van der Waals surface area contributed by atoms with Crippen LogP contribution in [0.4, 0.5) is 13.6 Å². The zero-order chi connectivity index (χ0) is 23.0. The first kappa shape index (κ1) is 24.7. The molecule has 2 aromatic rings. The van der Waals surface area contributed by atoms with Crippen LogP contribution >= 0.6 is 11.8 Å². The number of hydrogen-bond donors (Lipinski definition) is 3. The fraction of sp³-hybridized carbons (Fsp3) is 0.333. The van der Waals surface area contributed by atoms with Crippen molar-refractivity contribution in [2.75, 3.05) is 19.0 Å². The number of carbonyl (C=O) groups is 2. The third-order valence-electron chi connectivity index (χ3n) is 4.07. The number of ether oxygens (including phenoxy) is 2. The third-order valence-corrected chi connectivity index (χ3v) is 4.95. The maximum absolute atomic E-state index is 14.2. The second kappa shape index (κ2) is 11.8. The molecule has 168 valence electrons. The lowest BCUT2D eigenvalue weighted by Gasteiger charge is -2.18. The van der Waals surface area contributed by atoms with Gasteiger partial charge in [0, 0.05) is 30.9 Å². The molecule has 0 fully saturated rings. The highest BCUT2D eigenvalue weighted by Crippen LogP contribution is 2.33. The van der Waals surface area contributed by atoms with E-state index in [-0.39, 0.29) is 41.8 Å². The summed E-state index contributed by atoms with van der Waals surface area (Å²) in [4.78, 5) is 23.3. The molecule has 2 rings (SSSR count). The monoisotopic (exact) mass is 455 g/mol. The minimum atomic E-state index is -1.45. The molecule has 3 N–H and O–H groups in total. The number of carbonyl (C=O) groups excluding carboxylic acids is 2. The molecule has 0 aliphatic heterocycles. The molecule has 0 aromatic heterocycles. The number of benzene rings is 2. The molecule has 2 unspecified atom stereocenters. The summed E-state index contributed by atoms with van der Waals surface area (Å²) in [5.74, 6) is -1.80. The topological polar surface area (TPSA) is 105 Å². The van der Waals surface area contributed by atoms with Crippen LogP contribution in [0.2, 0.25) is 0 Å². The van der Waals surface area contributed by atoms with E-state index in [1.807, 2.05) is 0 Å². The zero-order valence-corrected chi connectivity index (χ0v) is 17.7. The van der Waals surface area contributed by atoms with E-state index >= 15 is 0 Å². The van der Waals surface area contributed by atoms with E-state index in [0.717, 1.165) is 23.9 Å². The molecule has 0 heterocycles. The Morgan fingerprint density at radius 1 is 1.19 bits per heavy atom. The summed E-state index contributed by atoms with van der Waals surface area (Å²) in [5.41, 5.74) is 0.502. The highest BCUT2D eigenvalue weighted by molar-refractivity contribution is 8.13. The Kier molecular flexibility index (Phi) is 9.38. The Bertz CT molecular complexity index is 927. The van der Waals surface area contributed by atoms with Gasteiger partial charge in [0.1, 0.15) is 17.4 Å². The van der Waals surface area contributed by atoms with E-state index in [2.05, 4.69) is 5.32 Å². The number of rotatable bonds is 9. The quantitative estimate of drug-likeness (QED) is 0.393. The van der Waals surface area contributed by atoms with Crippen LogP contribution in [0.1, 0.15) is 25.7 Å². The van der Waals surface area contributed by atoms with Crippen LogP contribution in [0.3, 0.4) is 0 Å². The Labute approximate surface area is 182 Å². The molecule has 0 aliphatic rings. The number of nitrogens with one attached hydrogen (secondary N) is 1. The molecule has 0 aliphatic carbocycles. The van der Waals surface area contributed by atoms with Crippen molar-refractivity contribution in [3.05, 3.63) is 53.6 Å². The Morgan fingerprint density at radius 3 is 2.55 bits per heavy atom. The predicted molar refractivity (Wildman–Crippen MR) is 112 cm³/mol. The van der Waals surface area contributed by atoms with Gasteiger partial charge in [0.05, 0.1) is 18.2 Å². The average Bonchev–Trinajstić information content (AvgIpc) is 2.71. The van der Waals surface area contributed by atoms with Gasteiger partial charge in [-0.2, -0.15) is 0 Å². The fourth-order valence-electron chi connectivity index (χ4n) is 2.69. The maximum Gasteiger partial charge on any atom is 0.372 e. The van der Waals surface area contributed by atoms with Crippen molar-refractivity contribution in [1.82, 2.24) is 5.32 Å². The molecule has 0 spiro atoms. The van der Waals surface area contributed by atoms with E-state index in [0.29, 0.717) is 5.56 Å². The number of thioether (sulfide) groups is 1. The number of aliphatic hydroxyl groups excluding tert-OH is 2. The summed E-state index contributed by atoms with van der Waals surface area (Å²) in [5, 5.41) is 21.3. The summed E-state index contributed by atoms with van der Waals surface area (Å²) in [6.45, 7) is 2.75. The van der Waals surface area contributed by atoms with Gasteiger partial charge in [-0.05, 0) is 48.5 Å². The van der Waals surface area contributed by atoms with Crippen molar-refractivity contribution in [2.24, 2.45) is 0 Å². The molecule has 2 atom stereocenters. The van der Waals surface area contributed by atoms with Crippen LogP contribution in [0, 0.1) is 11.6 Å². The van der Waals surface area contributed by atoms with E-state index < -0.39 is 29.3 Å². The van der Waals surface area contributed by atoms with Gasteiger partial charge in [0.25, 0.3) is 0 Å². The van der Waals surface area contributed by atoms with Gasteiger partial charge in [0.2, 0.25) is 5.91 Å². The molecule has 0 saturated carbocycles. The van der Waals surface area contributed by atoms with Crippen molar-refractivity contribution < 1.29 is 38.1 Å². The van der Waals surface area contributed by atoms with E-state index in [1.165, 1.54) is 31.2 Å². The lowest BCUT2D eigenvalue weighted by Crippen LogP contribution is -2.38. The molecular weight excluding hydrogens is 432 g/mol. The Balaban J connectivity index is 2.23. The highest BCUT2D eigenvalue weighted by atomic mass is 32.2. The smallest absolute Gasteiger partial charge is 0.372 e. The van der Waals surface area contributed by atoms with Gasteiger partial charge in [-0.3, -0.25) is 4.79 Å². The number of amides is 1. The highest BCUT2D eigenvalue weighted by Gasteiger charge is 2.20. The van der Waals surface area contributed by atoms with Gasteiger partial charge in [0.15, 0.2) is 6.29 Å². The van der Waals surface area contributed by atoms with Crippen LogP contribution in [0.25, 0.3) is 11.1 Å². The average molecular weight is 455 g/mol. The normalized spacial score (nSPS) is 12.8. The standard InChI is InChI=1S/C21H23F2NO6S/c1-3-29-20(27)17-8-13(16-6-5-14(22)9-18(16)23)4-7-19(17)30-21(28)31-11-15(10-25)24-12(2)26/h4-9,15,20,25,27H,3,10-11H2,1-2H3,(H,24,26). The van der Waals surface area contributed by atoms with Gasteiger partial charge in [-0.1, -0.05) is 6.07 Å². The predicted octanol–water partition coefficient (Wildman–Crippen LogP) is 3.39. The van der Waals surface area contributed by atoms with Crippen LogP contribution in [-0.2, 0) is 9.53 Å². The molecule has 1 amide bonds. The number of halogens is 2. The van der Waals surface area contributed by atoms with Crippen LogP contribution in [0.5, 0.6) is 5.75 Å². The first-order valence-electron chi connectivity index (χ1n) is 9.36. The Morgan fingerprint density at radius 2 is 1.94 bits per heavy atom. The van der Waals surface area contributed by atoms with Gasteiger partial charge >= 0.3 is 5.30 Å². The van der Waals surface area contributed by atoms with Gasteiger partial charge in [-0.15, -0.1) is 0 Å². The van der Waals surface area contributed by atoms with Gasteiger partial charge in [-0.25, -0.2) is 13.6 Å². The van der Waals surface area contributed by atoms with Crippen LogP contribution in [-0.4, -0.2) is 46.4 Å². The molecule has 2 aromatic carbocycles. The molecule has 0 radical (unpaired) electrons. The Hall–Kier alpha value is -2.53. The molecule has 0 bridgehead atoms. The number of aliphatic hydroxyl groups is 2. The van der Waals surface area contributed by atoms with E-state index in [4.69, 9.17) is 9.47 Å². The van der Waals surface area contributed by atoms with Crippen LogP contribution < -0.4 is 10.1 Å². The minimum absolute atomic E-state index is 0.00945. The number of hydrogen-bond acceptors (Lipinski definition) is 7. The van der Waals surface area contributed by atoms with E-state index in [1.54, 1.807) is 6.92 Å². The third kappa shape index (κ3) is 7.28. The summed E-state index contributed by atoms with van der Waals surface area (Å²) < 4.78 is 37.8. The lowest BCUT2D eigenvalue weighted by molar-refractivity contribution is -0.119. The molecule has 7 nitrogen and oxygen atoms in total. The molecular formula is C21H23F2NO6S. The van der Waals surface area contributed by atoms with E-state index in [9.17, 15) is 28.6 Å².